The summed E-state index contributed by atoms with van der Waals surface area (Å²) in [7, 11) is 3.20. The van der Waals surface area contributed by atoms with Crippen LogP contribution < -0.4 is 0 Å². The van der Waals surface area contributed by atoms with Crippen LogP contribution in [0.2, 0.25) is 0 Å². The number of amides is 4. The van der Waals surface area contributed by atoms with Gasteiger partial charge >= 0.3 is 6.03 Å². The van der Waals surface area contributed by atoms with E-state index >= 15 is 0 Å². The van der Waals surface area contributed by atoms with Crippen LogP contribution in [0.15, 0.2) is 0 Å². The van der Waals surface area contributed by atoms with Crippen LogP contribution in [0.25, 0.3) is 0 Å². The van der Waals surface area contributed by atoms with E-state index in [9.17, 15) is 19.5 Å². The van der Waals surface area contributed by atoms with Gasteiger partial charge in [0, 0.05) is 33.6 Å². The molecule has 7 heteroatoms. The Kier molecular flexibility index (Phi) is 5.10. The minimum Gasteiger partial charge on any atom is -0.389 e. The molecule has 7 nitrogen and oxygen atoms in total. The standard InChI is InChI=1S/C13H23N3O4/c1-13(2,20)9-15(4)10(17)6-5-7-16-11(18)8-14(3)12(16)19/h20H,5-9H2,1-4H3. The number of carbonyl (C=O) groups is 3. The molecule has 1 aliphatic heterocycles. The van der Waals surface area contributed by atoms with Crippen LogP contribution in [0.3, 0.4) is 0 Å². The molecule has 1 aliphatic rings. The van der Waals surface area contributed by atoms with E-state index in [2.05, 4.69) is 0 Å². The van der Waals surface area contributed by atoms with E-state index in [-0.39, 0.29) is 43.9 Å². The van der Waals surface area contributed by atoms with Gasteiger partial charge < -0.3 is 14.9 Å². The lowest BCUT2D eigenvalue weighted by Crippen LogP contribution is -2.40. The van der Waals surface area contributed by atoms with E-state index in [0.29, 0.717) is 6.42 Å². The van der Waals surface area contributed by atoms with E-state index in [1.165, 1.54) is 14.7 Å². The molecule has 0 aromatic rings. The normalized spacial score (nSPS) is 16.1. The molecule has 1 heterocycles. The molecule has 1 fully saturated rings. The Morgan fingerprint density at radius 3 is 2.45 bits per heavy atom. The summed E-state index contributed by atoms with van der Waals surface area (Å²) in [5.41, 5.74) is -0.937. The van der Waals surface area contributed by atoms with E-state index in [4.69, 9.17) is 0 Å². The first-order valence-electron chi connectivity index (χ1n) is 6.63. The zero-order valence-corrected chi connectivity index (χ0v) is 12.5. The minimum absolute atomic E-state index is 0.103. The maximum Gasteiger partial charge on any atom is 0.326 e. The van der Waals surface area contributed by atoms with Gasteiger partial charge in [-0.3, -0.25) is 14.5 Å². The molecule has 114 valence electrons. The summed E-state index contributed by atoms with van der Waals surface area (Å²) in [6.45, 7) is 3.87. The molecule has 1 rings (SSSR count). The number of rotatable bonds is 6. The zero-order valence-electron chi connectivity index (χ0n) is 12.5. The highest BCUT2D eigenvalue weighted by Crippen LogP contribution is 2.10. The molecule has 0 atom stereocenters. The van der Waals surface area contributed by atoms with Crippen molar-refractivity contribution < 1.29 is 19.5 Å². The van der Waals surface area contributed by atoms with Crippen molar-refractivity contribution in [2.45, 2.75) is 32.3 Å². The van der Waals surface area contributed by atoms with Gasteiger partial charge in [-0.15, -0.1) is 0 Å². The Labute approximate surface area is 119 Å². The van der Waals surface area contributed by atoms with E-state index in [0.717, 1.165) is 0 Å². The predicted octanol–water partition coefficient (Wildman–Crippen LogP) is -0.110. The number of hydrogen-bond acceptors (Lipinski definition) is 4. The maximum absolute atomic E-state index is 11.8. The van der Waals surface area contributed by atoms with Crippen molar-refractivity contribution in [1.82, 2.24) is 14.7 Å². The molecule has 0 spiro atoms. The fraction of sp³-hybridized carbons (Fsp3) is 0.769. The van der Waals surface area contributed by atoms with Crippen LogP contribution in [-0.4, -0.2) is 77.0 Å². The zero-order chi connectivity index (χ0) is 15.5. The lowest BCUT2D eigenvalue weighted by molar-refractivity contribution is -0.133. The lowest BCUT2D eigenvalue weighted by atomic mass is 10.1. The topological polar surface area (TPSA) is 81.2 Å². The number of nitrogens with zero attached hydrogens (tertiary/aromatic N) is 3. The van der Waals surface area contributed by atoms with Crippen LogP contribution in [0, 0.1) is 0 Å². The third kappa shape index (κ3) is 4.48. The van der Waals surface area contributed by atoms with Gasteiger partial charge in [-0.25, -0.2) is 4.79 Å². The van der Waals surface area contributed by atoms with E-state index in [1.807, 2.05) is 0 Å². The molecule has 0 aromatic heterocycles. The highest BCUT2D eigenvalue weighted by molar-refractivity contribution is 6.01. The third-order valence-corrected chi connectivity index (χ3v) is 3.05. The lowest BCUT2D eigenvalue weighted by Gasteiger charge is -2.25. The van der Waals surface area contributed by atoms with Crippen LogP contribution in [0.5, 0.6) is 0 Å². The molecule has 20 heavy (non-hydrogen) atoms. The number of urea groups is 1. The van der Waals surface area contributed by atoms with Crippen molar-refractivity contribution in [2.24, 2.45) is 0 Å². The Bertz CT molecular complexity index is 403. The summed E-state index contributed by atoms with van der Waals surface area (Å²) in [5, 5.41) is 9.64. The maximum atomic E-state index is 11.8. The van der Waals surface area contributed by atoms with Gasteiger partial charge in [0.05, 0.1) is 5.60 Å². The number of hydrogen-bond donors (Lipinski definition) is 1. The van der Waals surface area contributed by atoms with Gasteiger partial charge in [0.25, 0.3) is 0 Å². The third-order valence-electron chi connectivity index (χ3n) is 3.05. The Hall–Kier alpha value is -1.63. The molecule has 0 aromatic carbocycles. The summed E-state index contributed by atoms with van der Waals surface area (Å²) in [6, 6.07) is -0.313. The van der Waals surface area contributed by atoms with Gasteiger partial charge in [-0.05, 0) is 20.3 Å². The second-order valence-corrected chi connectivity index (χ2v) is 5.85. The first-order valence-corrected chi connectivity index (χ1v) is 6.63. The molecule has 1 N–H and O–H groups in total. The molecule has 0 bridgehead atoms. The smallest absolute Gasteiger partial charge is 0.326 e. The fourth-order valence-electron chi connectivity index (χ4n) is 2.14. The highest BCUT2D eigenvalue weighted by Gasteiger charge is 2.33. The summed E-state index contributed by atoms with van der Waals surface area (Å²) >= 11 is 0. The molecule has 0 radical (unpaired) electrons. The molecular formula is C13H23N3O4. The summed E-state index contributed by atoms with van der Waals surface area (Å²) < 4.78 is 0. The summed E-state index contributed by atoms with van der Waals surface area (Å²) in [5.74, 6) is -0.339. The van der Waals surface area contributed by atoms with Crippen LogP contribution in [-0.2, 0) is 9.59 Å². The minimum atomic E-state index is -0.937. The first-order chi connectivity index (χ1) is 9.11. The molecule has 0 unspecified atom stereocenters. The number of carbonyl (C=O) groups excluding carboxylic acids is 3. The average molecular weight is 285 g/mol. The highest BCUT2D eigenvalue weighted by atomic mass is 16.3. The monoisotopic (exact) mass is 285 g/mol. The number of imide groups is 1. The van der Waals surface area contributed by atoms with Gasteiger partial charge in [-0.2, -0.15) is 0 Å². The largest absolute Gasteiger partial charge is 0.389 e. The van der Waals surface area contributed by atoms with Crippen molar-refractivity contribution in [1.29, 1.82) is 0 Å². The average Bonchev–Trinajstić information content (AvgIpc) is 2.53. The van der Waals surface area contributed by atoms with Gasteiger partial charge in [0.2, 0.25) is 11.8 Å². The first kappa shape index (κ1) is 16.4. The molecule has 0 aliphatic carbocycles. The predicted molar refractivity (Wildman–Crippen MR) is 72.9 cm³/mol. The van der Waals surface area contributed by atoms with Gasteiger partial charge in [-0.1, -0.05) is 0 Å². The Balaban J connectivity index is 2.36. The summed E-state index contributed by atoms with van der Waals surface area (Å²) in [6.07, 6.45) is 0.674. The second-order valence-electron chi connectivity index (χ2n) is 5.85. The van der Waals surface area contributed by atoms with E-state index < -0.39 is 5.60 Å². The molecular weight excluding hydrogens is 262 g/mol. The molecule has 4 amide bonds. The number of aliphatic hydroxyl groups is 1. The van der Waals surface area contributed by atoms with Crippen LogP contribution >= 0.6 is 0 Å². The molecule has 1 saturated heterocycles. The van der Waals surface area contributed by atoms with Crippen LogP contribution in [0.4, 0.5) is 4.79 Å². The quantitative estimate of drug-likeness (QED) is 0.690. The van der Waals surface area contributed by atoms with Crippen LogP contribution in [0.1, 0.15) is 26.7 Å². The van der Waals surface area contributed by atoms with Gasteiger partial charge in [0.15, 0.2) is 0 Å². The number of likely N-dealkylation sites (N-methyl/N-ethyl adjacent to an activating group) is 2. The molecule has 0 saturated carbocycles. The van der Waals surface area contributed by atoms with Crippen molar-refractivity contribution in [3.63, 3.8) is 0 Å². The fourth-order valence-corrected chi connectivity index (χ4v) is 2.14. The van der Waals surface area contributed by atoms with E-state index in [1.54, 1.807) is 27.9 Å². The van der Waals surface area contributed by atoms with Crippen molar-refractivity contribution in [2.75, 3.05) is 33.7 Å². The Morgan fingerprint density at radius 2 is 2.00 bits per heavy atom. The summed E-state index contributed by atoms with van der Waals surface area (Å²) in [4.78, 5) is 39.0. The van der Waals surface area contributed by atoms with Gasteiger partial charge in [0.1, 0.15) is 6.54 Å². The van der Waals surface area contributed by atoms with Crippen molar-refractivity contribution >= 4 is 17.8 Å². The second kappa shape index (κ2) is 6.21. The Morgan fingerprint density at radius 1 is 1.40 bits per heavy atom. The SMILES string of the molecule is CN(CC(C)(C)O)C(=O)CCCN1C(=O)CN(C)C1=O. The van der Waals surface area contributed by atoms with Crippen molar-refractivity contribution in [3.8, 4) is 0 Å². The van der Waals surface area contributed by atoms with Crippen molar-refractivity contribution in [3.05, 3.63) is 0 Å².